The van der Waals surface area contributed by atoms with Gasteiger partial charge in [-0.25, -0.2) is 0 Å². The molecule has 0 aliphatic rings. The van der Waals surface area contributed by atoms with Crippen molar-refractivity contribution in [2.45, 2.75) is 6.18 Å². The number of aromatic nitrogens is 1. The number of anilines is 1. The van der Waals surface area contributed by atoms with Crippen molar-refractivity contribution >= 4 is 34.0 Å². The van der Waals surface area contributed by atoms with Gasteiger partial charge in [-0.1, -0.05) is 18.2 Å². The molecule has 3 rings (SSSR count). The number of aromatic amines is 1. The highest BCUT2D eigenvalue weighted by Gasteiger charge is 2.33. The first-order valence-electron chi connectivity index (χ1n) is 8.51. The average Bonchev–Trinajstić information content (AvgIpc) is 3.13. The Bertz CT molecular complexity index is 1120. The molecule has 0 aliphatic carbocycles. The molecular formula is C19H14F3N3O5. The third-order valence-corrected chi connectivity index (χ3v) is 4.20. The number of Topliss-reactive ketones (excluding diaryl/α,β-unsaturated/α-hetero) is 1. The van der Waals surface area contributed by atoms with Gasteiger partial charge in [-0.15, -0.1) is 0 Å². The Labute approximate surface area is 166 Å². The largest absolute Gasteiger partial charge is 0.456 e. The lowest BCUT2D eigenvalue weighted by Crippen LogP contribution is -2.21. The molecule has 0 radical (unpaired) electrons. The predicted molar refractivity (Wildman–Crippen MR) is 100 cm³/mol. The van der Waals surface area contributed by atoms with E-state index in [0.717, 1.165) is 11.6 Å². The summed E-state index contributed by atoms with van der Waals surface area (Å²) >= 11 is 0. The van der Waals surface area contributed by atoms with Crippen molar-refractivity contribution in [3.05, 3.63) is 69.9 Å². The molecule has 0 atom stereocenters. The first-order chi connectivity index (χ1) is 14.2. The van der Waals surface area contributed by atoms with Gasteiger partial charge in [0, 0.05) is 28.7 Å². The molecule has 1 aromatic heterocycles. The summed E-state index contributed by atoms with van der Waals surface area (Å²) in [4.78, 5) is 37.1. The van der Waals surface area contributed by atoms with Crippen molar-refractivity contribution in [2.24, 2.45) is 0 Å². The second kappa shape index (κ2) is 8.23. The summed E-state index contributed by atoms with van der Waals surface area (Å²) in [7, 11) is 0. The lowest BCUT2D eigenvalue weighted by Gasteiger charge is -2.10. The Hall–Kier alpha value is -3.89. The van der Waals surface area contributed by atoms with Crippen LogP contribution >= 0.6 is 0 Å². The number of nitrogens with zero attached hydrogens (tertiary/aromatic N) is 1. The quantitative estimate of drug-likeness (QED) is 0.259. The first-order valence-corrected chi connectivity index (χ1v) is 8.51. The van der Waals surface area contributed by atoms with E-state index < -0.39 is 47.3 Å². The fraction of sp³-hybridized carbons (Fsp3) is 0.158. The smallest absolute Gasteiger partial charge is 0.416 e. The third-order valence-electron chi connectivity index (χ3n) is 4.20. The molecule has 0 amide bonds. The van der Waals surface area contributed by atoms with Crippen LogP contribution in [0.15, 0.2) is 48.7 Å². The highest BCUT2D eigenvalue weighted by Crippen LogP contribution is 2.34. The summed E-state index contributed by atoms with van der Waals surface area (Å²) in [6, 6.07) is 8.92. The van der Waals surface area contributed by atoms with Crippen LogP contribution in [-0.2, 0) is 15.7 Å². The maximum atomic E-state index is 12.7. The SMILES string of the molecule is O=C(CNc1ccc(C(F)(F)F)cc1[N+](=O)[O-])OCC(=O)c1c[nH]c2ccccc12. The Morgan fingerprint density at radius 1 is 1.17 bits per heavy atom. The number of hydrogen-bond acceptors (Lipinski definition) is 6. The van der Waals surface area contributed by atoms with E-state index in [1.165, 1.54) is 6.20 Å². The average molecular weight is 421 g/mol. The number of nitro groups is 1. The van der Waals surface area contributed by atoms with Crippen molar-refractivity contribution in [1.82, 2.24) is 4.98 Å². The summed E-state index contributed by atoms with van der Waals surface area (Å²) in [5.41, 5.74) is -1.24. The van der Waals surface area contributed by atoms with Crippen molar-refractivity contribution in [3.8, 4) is 0 Å². The van der Waals surface area contributed by atoms with Gasteiger partial charge in [0.25, 0.3) is 5.69 Å². The zero-order valence-corrected chi connectivity index (χ0v) is 15.2. The monoisotopic (exact) mass is 421 g/mol. The number of alkyl halides is 3. The molecule has 156 valence electrons. The van der Waals surface area contributed by atoms with Gasteiger partial charge in [0.05, 0.1) is 10.5 Å². The Morgan fingerprint density at radius 2 is 1.90 bits per heavy atom. The number of carbonyl (C=O) groups is 2. The molecule has 0 saturated carbocycles. The summed E-state index contributed by atoms with van der Waals surface area (Å²) in [6.45, 7) is -1.13. The summed E-state index contributed by atoms with van der Waals surface area (Å²) in [6.07, 6.45) is -3.25. The van der Waals surface area contributed by atoms with Crippen molar-refractivity contribution in [2.75, 3.05) is 18.5 Å². The Morgan fingerprint density at radius 3 is 2.60 bits per heavy atom. The molecule has 2 aromatic carbocycles. The number of fused-ring (bicyclic) bond motifs is 1. The van der Waals surface area contributed by atoms with Gasteiger partial charge in [0.15, 0.2) is 6.61 Å². The lowest BCUT2D eigenvalue weighted by atomic mass is 10.1. The van der Waals surface area contributed by atoms with E-state index in [4.69, 9.17) is 4.74 Å². The molecule has 0 unspecified atom stereocenters. The normalized spacial score (nSPS) is 11.3. The topological polar surface area (TPSA) is 114 Å². The fourth-order valence-electron chi connectivity index (χ4n) is 2.75. The number of H-pyrrole nitrogens is 1. The van der Waals surface area contributed by atoms with Crippen LogP contribution < -0.4 is 5.32 Å². The number of halogens is 3. The van der Waals surface area contributed by atoms with Crippen LogP contribution in [0, 0.1) is 10.1 Å². The van der Waals surface area contributed by atoms with Crippen LogP contribution in [0.2, 0.25) is 0 Å². The van der Waals surface area contributed by atoms with Gasteiger partial charge in [0.1, 0.15) is 12.2 Å². The maximum Gasteiger partial charge on any atom is 0.416 e. The summed E-state index contributed by atoms with van der Waals surface area (Å²) < 4.78 is 43.0. The number of esters is 1. The highest BCUT2D eigenvalue weighted by atomic mass is 19.4. The molecule has 0 saturated heterocycles. The van der Waals surface area contributed by atoms with Crippen LogP contribution in [0.1, 0.15) is 15.9 Å². The maximum absolute atomic E-state index is 12.7. The van der Waals surface area contributed by atoms with Gasteiger partial charge in [-0.3, -0.25) is 19.7 Å². The van der Waals surface area contributed by atoms with Crippen LogP contribution in [0.25, 0.3) is 10.9 Å². The van der Waals surface area contributed by atoms with Gasteiger partial charge in [-0.2, -0.15) is 13.2 Å². The van der Waals surface area contributed by atoms with Crippen LogP contribution in [0.5, 0.6) is 0 Å². The zero-order chi connectivity index (χ0) is 21.9. The van der Waals surface area contributed by atoms with Crippen molar-refractivity contribution < 1.29 is 32.4 Å². The number of benzene rings is 2. The molecule has 8 nitrogen and oxygen atoms in total. The molecule has 0 bridgehead atoms. The number of rotatable bonds is 7. The zero-order valence-electron chi connectivity index (χ0n) is 15.2. The number of nitro benzene ring substituents is 1. The number of carbonyl (C=O) groups excluding carboxylic acids is 2. The molecule has 30 heavy (non-hydrogen) atoms. The highest BCUT2D eigenvalue weighted by molar-refractivity contribution is 6.08. The fourth-order valence-corrected chi connectivity index (χ4v) is 2.75. The number of nitrogens with one attached hydrogen (secondary N) is 2. The number of ketones is 1. The van der Waals surface area contributed by atoms with E-state index in [2.05, 4.69) is 10.3 Å². The molecule has 1 heterocycles. The summed E-state index contributed by atoms with van der Waals surface area (Å²) in [5.74, 6) is -1.36. The molecule has 2 N–H and O–H groups in total. The molecule has 0 spiro atoms. The molecular weight excluding hydrogens is 407 g/mol. The van der Waals surface area contributed by atoms with Gasteiger partial charge < -0.3 is 15.0 Å². The van der Waals surface area contributed by atoms with Crippen molar-refractivity contribution in [3.63, 3.8) is 0 Å². The van der Waals surface area contributed by atoms with Gasteiger partial charge in [0.2, 0.25) is 5.78 Å². The van der Waals surface area contributed by atoms with E-state index in [-0.39, 0.29) is 5.69 Å². The molecule has 0 aliphatic heterocycles. The lowest BCUT2D eigenvalue weighted by molar-refractivity contribution is -0.384. The van der Waals surface area contributed by atoms with Crippen LogP contribution in [0.3, 0.4) is 0 Å². The third kappa shape index (κ3) is 4.57. The van der Waals surface area contributed by atoms with E-state index >= 15 is 0 Å². The minimum atomic E-state index is -4.75. The van der Waals surface area contributed by atoms with Crippen molar-refractivity contribution in [1.29, 1.82) is 0 Å². The first kappa shape index (κ1) is 20.8. The number of ether oxygens (including phenoxy) is 1. The van der Waals surface area contributed by atoms with E-state index in [1.54, 1.807) is 24.3 Å². The van der Waals surface area contributed by atoms with E-state index in [1.807, 2.05) is 0 Å². The Balaban J connectivity index is 1.61. The molecule has 0 fully saturated rings. The number of hydrogen-bond donors (Lipinski definition) is 2. The van der Waals surface area contributed by atoms with Crippen LogP contribution in [-0.4, -0.2) is 34.8 Å². The van der Waals surface area contributed by atoms with Gasteiger partial charge >= 0.3 is 12.1 Å². The number of para-hydroxylation sites is 1. The molecule has 11 heteroatoms. The summed E-state index contributed by atoms with van der Waals surface area (Å²) in [5, 5.41) is 14.1. The van der Waals surface area contributed by atoms with Gasteiger partial charge in [-0.05, 0) is 18.2 Å². The Kier molecular flexibility index (Phi) is 5.72. The predicted octanol–water partition coefficient (Wildman–Crippen LogP) is 3.93. The minimum absolute atomic E-state index is 0.284. The van der Waals surface area contributed by atoms with E-state index in [0.29, 0.717) is 23.1 Å². The second-order valence-electron chi connectivity index (χ2n) is 6.17. The molecule has 3 aromatic rings. The van der Waals surface area contributed by atoms with Crippen LogP contribution in [0.4, 0.5) is 24.5 Å². The standard InChI is InChI=1S/C19H14F3N3O5/c20-19(21,22)11-5-6-15(16(7-11)25(28)29)24-9-18(27)30-10-17(26)13-8-23-14-4-2-1-3-12(13)14/h1-8,23-24H,9-10H2. The van der Waals surface area contributed by atoms with E-state index in [9.17, 15) is 32.9 Å². The second-order valence-corrected chi connectivity index (χ2v) is 6.17. The minimum Gasteiger partial charge on any atom is -0.456 e.